The molecule has 0 radical (unpaired) electrons. The standard InChI is InChI=1S/C13H13IN2O4/c14-4-3-9-6-16(13(18)20-9)8-1-2-11-10(5-8)15-12(17)7-19-11/h1-2,5,9H,3-4,6-7H2,(H,15,17). The van der Waals surface area contributed by atoms with Gasteiger partial charge >= 0.3 is 6.09 Å². The SMILES string of the molecule is O=C1COc2ccc(N3CC(CCI)OC3=O)cc2N1. The summed E-state index contributed by atoms with van der Waals surface area (Å²) in [6.45, 7) is 0.561. The molecule has 0 saturated carbocycles. The highest BCUT2D eigenvalue weighted by atomic mass is 127. The number of amides is 2. The van der Waals surface area contributed by atoms with E-state index in [0.29, 0.717) is 23.7 Å². The van der Waals surface area contributed by atoms with Crippen molar-refractivity contribution in [3.05, 3.63) is 18.2 Å². The first-order valence-electron chi connectivity index (χ1n) is 6.28. The summed E-state index contributed by atoms with van der Waals surface area (Å²) in [7, 11) is 0. The summed E-state index contributed by atoms with van der Waals surface area (Å²) < 4.78 is 11.5. The number of halogens is 1. The Bertz CT molecular complexity index is 563. The topological polar surface area (TPSA) is 67.9 Å². The Hall–Kier alpha value is -1.51. The number of anilines is 2. The minimum Gasteiger partial charge on any atom is -0.482 e. The first-order valence-corrected chi connectivity index (χ1v) is 7.81. The quantitative estimate of drug-likeness (QED) is 0.637. The lowest BCUT2D eigenvalue weighted by Gasteiger charge is -2.20. The van der Waals surface area contributed by atoms with Crippen LogP contribution in [0.4, 0.5) is 16.2 Å². The van der Waals surface area contributed by atoms with Crippen molar-refractivity contribution in [1.82, 2.24) is 0 Å². The molecule has 2 aliphatic rings. The van der Waals surface area contributed by atoms with Gasteiger partial charge in [0.2, 0.25) is 0 Å². The number of rotatable bonds is 3. The van der Waals surface area contributed by atoms with E-state index in [1.807, 2.05) is 0 Å². The van der Waals surface area contributed by atoms with E-state index in [2.05, 4.69) is 27.9 Å². The number of benzene rings is 1. The lowest BCUT2D eigenvalue weighted by atomic mass is 10.2. The average Bonchev–Trinajstić information content (AvgIpc) is 2.79. The van der Waals surface area contributed by atoms with E-state index < -0.39 is 0 Å². The lowest BCUT2D eigenvalue weighted by molar-refractivity contribution is -0.118. The van der Waals surface area contributed by atoms with Gasteiger partial charge in [-0.2, -0.15) is 0 Å². The van der Waals surface area contributed by atoms with Crippen LogP contribution in [-0.4, -0.2) is 35.7 Å². The van der Waals surface area contributed by atoms with Gasteiger partial charge in [0.25, 0.3) is 5.91 Å². The van der Waals surface area contributed by atoms with Crippen LogP contribution in [0.1, 0.15) is 6.42 Å². The van der Waals surface area contributed by atoms with Gasteiger partial charge in [-0.05, 0) is 24.6 Å². The number of carbonyl (C=O) groups excluding carboxylic acids is 2. The third-order valence-electron chi connectivity index (χ3n) is 3.21. The minimum atomic E-state index is -0.345. The number of nitrogens with one attached hydrogen (secondary N) is 1. The molecular formula is C13H13IN2O4. The van der Waals surface area contributed by atoms with Crippen molar-refractivity contribution < 1.29 is 19.1 Å². The molecule has 1 aromatic carbocycles. The molecule has 2 amide bonds. The Labute approximate surface area is 129 Å². The van der Waals surface area contributed by atoms with Gasteiger partial charge in [-0.15, -0.1) is 0 Å². The van der Waals surface area contributed by atoms with Crippen molar-refractivity contribution in [3.8, 4) is 5.75 Å². The van der Waals surface area contributed by atoms with Gasteiger partial charge in [0.1, 0.15) is 11.9 Å². The monoisotopic (exact) mass is 388 g/mol. The van der Waals surface area contributed by atoms with Crippen molar-refractivity contribution in [2.75, 3.05) is 27.8 Å². The Morgan fingerprint density at radius 2 is 2.25 bits per heavy atom. The molecule has 1 unspecified atom stereocenters. The number of fused-ring (bicyclic) bond motifs is 1. The third kappa shape index (κ3) is 2.54. The Kier molecular flexibility index (Phi) is 3.68. The molecule has 0 bridgehead atoms. The molecule has 1 N–H and O–H groups in total. The Morgan fingerprint density at radius 1 is 1.40 bits per heavy atom. The largest absolute Gasteiger partial charge is 0.482 e. The molecule has 2 heterocycles. The number of alkyl halides is 1. The maximum Gasteiger partial charge on any atom is 0.414 e. The summed E-state index contributed by atoms with van der Waals surface area (Å²) in [4.78, 5) is 24.8. The summed E-state index contributed by atoms with van der Waals surface area (Å²) >= 11 is 2.26. The van der Waals surface area contributed by atoms with E-state index in [0.717, 1.165) is 10.8 Å². The van der Waals surface area contributed by atoms with Crippen LogP contribution in [0, 0.1) is 0 Å². The van der Waals surface area contributed by atoms with Crippen molar-refractivity contribution in [3.63, 3.8) is 0 Å². The molecule has 1 saturated heterocycles. The predicted molar refractivity (Wildman–Crippen MR) is 81.7 cm³/mol. The molecular weight excluding hydrogens is 375 g/mol. The summed E-state index contributed by atoms with van der Waals surface area (Å²) in [6.07, 6.45) is 0.428. The summed E-state index contributed by atoms with van der Waals surface area (Å²) in [6, 6.07) is 5.28. The van der Waals surface area contributed by atoms with Gasteiger partial charge in [-0.1, -0.05) is 22.6 Å². The van der Waals surface area contributed by atoms with Crippen LogP contribution in [0.15, 0.2) is 18.2 Å². The maximum atomic E-state index is 11.9. The molecule has 1 fully saturated rings. The van der Waals surface area contributed by atoms with Crippen LogP contribution in [0.25, 0.3) is 0 Å². The van der Waals surface area contributed by atoms with E-state index >= 15 is 0 Å². The number of hydrogen-bond acceptors (Lipinski definition) is 4. The number of ether oxygens (including phenoxy) is 2. The maximum absolute atomic E-state index is 11.9. The second-order valence-corrected chi connectivity index (χ2v) is 5.69. The number of nitrogens with zero attached hydrogens (tertiary/aromatic N) is 1. The van der Waals surface area contributed by atoms with E-state index in [4.69, 9.17) is 9.47 Å². The lowest BCUT2D eigenvalue weighted by Crippen LogP contribution is -2.27. The molecule has 1 aromatic rings. The van der Waals surface area contributed by atoms with Crippen molar-refractivity contribution in [1.29, 1.82) is 0 Å². The number of cyclic esters (lactones) is 1. The number of hydrogen-bond donors (Lipinski definition) is 1. The van der Waals surface area contributed by atoms with Gasteiger partial charge in [0, 0.05) is 10.1 Å². The highest BCUT2D eigenvalue weighted by Crippen LogP contribution is 2.33. The zero-order valence-corrected chi connectivity index (χ0v) is 12.8. The third-order valence-corrected chi connectivity index (χ3v) is 3.84. The van der Waals surface area contributed by atoms with Crippen LogP contribution in [-0.2, 0) is 9.53 Å². The smallest absolute Gasteiger partial charge is 0.414 e. The molecule has 0 aliphatic carbocycles. The Morgan fingerprint density at radius 3 is 3.05 bits per heavy atom. The van der Waals surface area contributed by atoms with Gasteiger partial charge in [0.05, 0.1) is 12.2 Å². The van der Waals surface area contributed by atoms with Gasteiger partial charge < -0.3 is 14.8 Å². The normalized spacial score (nSPS) is 21.1. The van der Waals surface area contributed by atoms with Crippen LogP contribution >= 0.6 is 22.6 Å². The highest BCUT2D eigenvalue weighted by Gasteiger charge is 2.32. The molecule has 0 aromatic heterocycles. The van der Waals surface area contributed by atoms with Crippen LogP contribution in [0.2, 0.25) is 0 Å². The van der Waals surface area contributed by atoms with Crippen molar-refractivity contribution in [2.45, 2.75) is 12.5 Å². The average molecular weight is 388 g/mol. The van der Waals surface area contributed by atoms with Gasteiger partial charge in [0.15, 0.2) is 6.61 Å². The zero-order valence-electron chi connectivity index (χ0n) is 10.6. The zero-order chi connectivity index (χ0) is 14.1. The minimum absolute atomic E-state index is 0.0236. The van der Waals surface area contributed by atoms with Crippen LogP contribution in [0.5, 0.6) is 5.75 Å². The molecule has 2 aliphatic heterocycles. The first-order chi connectivity index (χ1) is 9.67. The molecule has 20 heavy (non-hydrogen) atoms. The predicted octanol–water partition coefficient (Wildman–Crippen LogP) is 2.17. The fourth-order valence-corrected chi connectivity index (χ4v) is 2.94. The molecule has 1 atom stereocenters. The van der Waals surface area contributed by atoms with Gasteiger partial charge in [-0.3, -0.25) is 9.69 Å². The second kappa shape index (κ2) is 5.47. The Balaban J connectivity index is 1.82. The van der Waals surface area contributed by atoms with Crippen molar-refractivity contribution in [2.24, 2.45) is 0 Å². The van der Waals surface area contributed by atoms with E-state index in [9.17, 15) is 9.59 Å². The summed E-state index contributed by atoms with van der Waals surface area (Å²) in [5.41, 5.74) is 1.29. The fourth-order valence-electron chi connectivity index (χ4n) is 2.24. The molecule has 7 heteroatoms. The molecule has 3 rings (SSSR count). The van der Waals surface area contributed by atoms with E-state index in [-0.39, 0.29) is 24.7 Å². The first kappa shape index (κ1) is 13.5. The number of carbonyl (C=O) groups is 2. The fraction of sp³-hybridized carbons (Fsp3) is 0.385. The van der Waals surface area contributed by atoms with Crippen LogP contribution in [0.3, 0.4) is 0 Å². The van der Waals surface area contributed by atoms with Gasteiger partial charge in [-0.25, -0.2) is 4.79 Å². The van der Waals surface area contributed by atoms with Crippen LogP contribution < -0.4 is 15.0 Å². The highest BCUT2D eigenvalue weighted by molar-refractivity contribution is 14.1. The molecule has 0 spiro atoms. The molecule has 106 valence electrons. The van der Waals surface area contributed by atoms with E-state index in [1.165, 1.54) is 0 Å². The second-order valence-electron chi connectivity index (χ2n) is 4.61. The van der Waals surface area contributed by atoms with Crippen molar-refractivity contribution >= 4 is 46.0 Å². The summed E-state index contributed by atoms with van der Waals surface area (Å²) in [5, 5.41) is 2.73. The summed E-state index contributed by atoms with van der Waals surface area (Å²) in [5.74, 6) is 0.422. The molecule has 6 nitrogen and oxygen atoms in total. The van der Waals surface area contributed by atoms with E-state index in [1.54, 1.807) is 23.1 Å².